The lowest BCUT2D eigenvalue weighted by atomic mass is 9.89. The molecule has 1 saturated heterocycles. The lowest BCUT2D eigenvalue weighted by Crippen LogP contribution is -2.42. The summed E-state index contributed by atoms with van der Waals surface area (Å²) >= 11 is 6.16. The highest BCUT2D eigenvalue weighted by molar-refractivity contribution is 6.30. The fourth-order valence-corrected chi connectivity index (χ4v) is 5.06. The van der Waals surface area contributed by atoms with Gasteiger partial charge in [-0.15, -0.1) is 12.4 Å². The summed E-state index contributed by atoms with van der Waals surface area (Å²) in [6.45, 7) is 1.72. The van der Waals surface area contributed by atoms with E-state index in [1.54, 1.807) is 18.2 Å². The van der Waals surface area contributed by atoms with E-state index in [1.165, 1.54) is 19.2 Å². The number of benzene rings is 2. The number of carbonyl (C=O) groups is 3. The van der Waals surface area contributed by atoms with E-state index in [1.807, 2.05) is 6.92 Å². The number of carboxylic acid groups (broad SMARTS) is 1. The van der Waals surface area contributed by atoms with Crippen LogP contribution in [0.1, 0.15) is 66.4 Å². The van der Waals surface area contributed by atoms with E-state index in [0.717, 1.165) is 11.0 Å². The molecule has 1 heterocycles. The maximum absolute atomic E-state index is 13.6. The highest BCUT2D eigenvalue weighted by Gasteiger charge is 2.35. The Morgan fingerprint density at radius 3 is 2.60 bits per heavy atom. The number of carboxylic acids is 1. The number of likely N-dealkylation sites (tertiary alicyclic amines) is 1. The van der Waals surface area contributed by atoms with E-state index in [4.69, 9.17) is 16.3 Å². The predicted molar refractivity (Wildman–Crippen MR) is 150 cm³/mol. The Hall–Kier alpha value is -3.70. The zero-order chi connectivity index (χ0) is 28.7. The van der Waals surface area contributed by atoms with Gasteiger partial charge in [-0.3, -0.25) is 24.6 Å². The van der Waals surface area contributed by atoms with Gasteiger partial charge in [-0.25, -0.2) is 4.79 Å². The average molecular weight is 596 g/mol. The summed E-state index contributed by atoms with van der Waals surface area (Å²) in [6.07, 6.45) is 1.88. The molecule has 0 radical (unpaired) electrons. The summed E-state index contributed by atoms with van der Waals surface area (Å²) in [5.74, 6) is -2.93. The highest BCUT2D eigenvalue weighted by atomic mass is 35.5. The van der Waals surface area contributed by atoms with Crippen LogP contribution in [0.25, 0.3) is 0 Å². The standard InChI is InChI=1S/C27H30ClN3O8.ClH/c1-3-4-16(17-6-9-22(27(34)35)23(13-17)31(37)38)14-25(32)30-15-21(29-36)8-5-18(26(30)33)11-19-12-20(28)7-10-24(19)39-2;/h6-7,9-10,12-13,16,18,36H,3-5,8,11,14-15H2,1-2H3,(H,34,35);1H/b29-21+;/t16-,18?;/m0./s1. The van der Waals surface area contributed by atoms with Crippen LogP contribution in [-0.2, 0) is 16.0 Å². The number of hydrogen-bond acceptors (Lipinski definition) is 8. The first kappa shape index (κ1) is 32.5. The molecule has 2 amide bonds. The molecule has 0 aliphatic carbocycles. The van der Waals surface area contributed by atoms with E-state index in [0.29, 0.717) is 47.6 Å². The van der Waals surface area contributed by atoms with Gasteiger partial charge in [0.2, 0.25) is 11.8 Å². The minimum absolute atomic E-state index is 0. The molecule has 0 spiro atoms. The smallest absolute Gasteiger partial charge is 0.342 e. The summed E-state index contributed by atoms with van der Waals surface area (Å²) < 4.78 is 5.40. The maximum atomic E-state index is 13.6. The van der Waals surface area contributed by atoms with Crippen LogP contribution >= 0.6 is 24.0 Å². The minimum atomic E-state index is -1.43. The number of imide groups is 1. The number of ether oxygens (including phenoxy) is 1. The molecule has 1 unspecified atom stereocenters. The molecule has 2 atom stereocenters. The van der Waals surface area contributed by atoms with Crippen molar-refractivity contribution in [3.05, 3.63) is 68.2 Å². The molecule has 2 N–H and O–H groups in total. The van der Waals surface area contributed by atoms with Crippen molar-refractivity contribution in [3.8, 4) is 5.75 Å². The molecule has 13 heteroatoms. The number of carbonyl (C=O) groups excluding carboxylic acids is 2. The van der Waals surface area contributed by atoms with E-state index in [2.05, 4.69) is 5.16 Å². The number of oxime groups is 1. The maximum Gasteiger partial charge on any atom is 0.342 e. The van der Waals surface area contributed by atoms with E-state index < -0.39 is 45.8 Å². The summed E-state index contributed by atoms with van der Waals surface area (Å²) in [4.78, 5) is 50.4. The first-order chi connectivity index (χ1) is 18.6. The van der Waals surface area contributed by atoms with E-state index in [9.17, 15) is 34.8 Å². The van der Waals surface area contributed by atoms with Crippen LogP contribution in [0.15, 0.2) is 41.6 Å². The summed E-state index contributed by atoms with van der Waals surface area (Å²) in [5, 5.41) is 34.0. The lowest BCUT2D eigenvalue weighted by Gasteiger charge is -2.25. The van der Waals surface area contributed by atoms with Crippen molar-refractivity contribution in [1.29, 1.82) is 0 Å². The van der Waals surface area contributed by atoms with Gasteiger partial charge in [0.1, 0.15) is 11.3 Å². The first-order valence-corrected chi connectivity index (χ1v) is 12.8. The molecule has 2 aromatic carbocycles. The third-order valence-electron chi connectivity index (χ3n) is 6.87. The number of nitro benzene ring substituents is 1. The van der Waals surface area contributed by atoms with Crippen molar-refractivity contribution >= 4 is 53.2 Å². The SMILES string of the molecule is CCC[C@@H](CC(=O)N1C/C(=N/O)CCC(Cc2cc(Cl)ccc2OC)C1=O)c1ccc(C(=O)O)c([N+](=O)[O-])c1.Cl. The van der Waals surface area contributed by atoms with Gasteiger partial charge in [0.15, 0.2) is 0 Å². The number of rotatable bonds is 10. The fraction of sp³-hybridized carbons (Fsp3) is 0.407. The normalized spacial score (nSPS) is 17.1. The minimum Gasteiger partial charge on any atom is -0.496 e. The van der Waals surface area contributed by atoms with Crippen molar-refractivity contribution in [2.24, 2.45) is 11.1 Å². The molecular weight excluding hydrogens is 565 g/mol. The average Bonchev–Trinajstić information content (AvgIpc) is 3.06. The van der Waals surface area contributed by atoms with Crippen LogP contribution in [0.4, 0.5) is 5.69 Å². The number of hydrogen-bond donors (Lipinski definition) is 2. The Kier molecular flexibility index (Phi) is 11.9. The number of halogens is 2. The van der Waals surface area contributed by atoms with Crippen molar-refractivity contribution < 1.29 is 34.4 Å². The molecule has 2 aromatic rings. The zero-order valence-corrected chi connectivity index (χ0v) is 23.6. The first-order valence-electron chi connectivity index (χ1n) is 12.5. The van der Waals surface area contributed by atoms with Crippen molar-refractivity contribution in [2.45, 2.75) is 51.4 Å². The molecule has 11 nitrogen and oxygen atoms in total. The lowest BCUT2D eigenvalue weighted by molar-refractivity contribution is -0.385. The second-order valence-corrected chi connectivity index (χ2v) is 9.85. The fourth-order valence-electron chi connectivity index (χ4n) is 4.87. The van der Waals surface area contributed by atoms with Crippen molar-refractivity contribution in [3.63, 3.8) is 0 Å². The van der Waals surface area contributed by atoms with Gasteiger partial charge in [-0.2, -0.15) is 0 Å². The number of nitro groups is 1. The molecule has 1 aliphatic heterocycles. The third-order valence-corrected chi connectivity index (χ3v) is 7.10. The Labute approximate surface area is 242 Å². The second-order valence-electron chi connectivity index (χ2n) is 9.41. The largest absolute Gasteiger partial charge is 0.496 e. The van der Waals surface area contributed by atoms with Crippen LogP contribution in [0.5, 0.6) is 5.75 Å². The topological polar surface area (TPSA) is 160 Å². The van der Waals surface area contributed by atoms with Crippen LogP contribution in [0.2, 0.25) is 5.02 Å². The van der Waals surface area contributed by atoms with Crippen LogP contribution < -0.4 is 4.74 Å². The molecule has 1 fully saturated rings. The van der Waals surface area contributed by atoms with E-state index >= 15 is 0 Å². The van der Waals surface area contributed by atoms with Gasteiger partial charge < -0.3 is 15.1 Å². The summed E-state index contributed by atoms with van der Waals surface area (Å²) in [7, 11) is 1.51. The van der Waals surface area contributed by atoms with Gasteiger partial charge in [-0.1, -0.05) is 36.2 Å². The Morgan fingerprint density at radius 2 is 2.00 bits per heavy atom. The molecule has 0 bridgehead atoms. The molecule has 216 valence electrons. The number of amides is 2. The molecule has 0 aromatic heterocycles. The summed E-state index contributed by atoms with van der Waals surface area (Å²) in [5.41, 5.74) is 0.404. The molecule has 3 rings (SSSR count). The van der Waals surface area contributed by atoms with Crippen LogP contribution in [-0.4, -0.2) is 57.3 Å². The number of nitrogens with zero attached hydrogens (tertiary/aromatic N) is 3. The summed E-state index contributed by atoms with van der Waals surface area (Å²) in [6, 6.07) is 8.87. The van der Waals surface area contributed by atoms with Gasteiger partial charge >= 0.3 is 5.97 Å². The van der Waals surface area contributed by atoms with Gasteiger partial charge in [0, 0.05) is 23.4 Å². The quantitative estimate of drug-likeness (QED) is 0.207. The van der Waals surface area contributed by atoms with Gasteiger partial charge in [-0.05, 0) is 67.0 Å². The molecule has 0 saturated carbocycles. The Morgan fingerprint density at radius 1 is 1.27 bits per heavy atom. The second kappa shape index (κ2) is 14.6. The van der Waals surface area contributed by atoms with Crippen LogP contribution in [0, 0.1) is 16.0 Å². The van der Waals surface area contributed by atoms with Crippen molar-refractivity contribution in [2.75, 3.05) is 13.7 Å². The van der Waals surface area contributed by atoms with Crippen molar-refractivity contribution in [1.82, 2.24) is 4.90 Å². The van der Waals surface area contributed by atoms with E-state index in [-0.39, 0.29) is 37.5 Å². The third kappa shape index (κ3) is 7.70. The predicted octanol–water partition coefficient (Wildman–Crippen LogP) is 5.49. The highest BCUT2D eigenvalue weighted by Crippen LogP contribution is 2.33. The zero-order valence-electron chi connectivity index (χ0n) is 22.0. The van der Waals surface area contributed by atoms with Gasteiger partial charge in [0.25, 0.3) is 5.69 Å². The molecular formula is C27H31Cl2N3O8. The van der Waals surface area contributed by atoms with Crippen LogP contribution in [0.3, 0.4) is 0 Å². The number of methoxy groups -OCH3 is 1. The van der Waals surface area contributed by atoms with Gasteiger partial charge in [0.05, 0.1) is 24.3 Å². The Balaban J connectivity index is 0.00000560. The molecule has 40 heavy (non-hydrogen) atoms. The Bertz CT molecular complexity index is 1300. The monoisotopic (exact) mass is 595 g/mol. The molecule has 1 aliphatic rings. The number of aromatic carboxylic acids is 1.